The summed E-state index contributed by atoms with van der Waals surface area (Å²) in [6.45, 7) is 12.1. The third kappa shape index (κ3) is 17.4. The molecule has 0 unspecified atom stereocenters. The van der Waals surface area contributed by atoms with Gasteiger partial charge >= 0.3 is 42.7 Å². The average molecular weight is 708 g/mol. The zero-order chi connectivity index (χ0) is 37.6. The molecule has 51 heavy (non-hydrogen) atoms. The van der Waals surface area contributed by atoms with Gasteiger partial charge in [-0.05, 0) is 65.4 Å². The molecule has 0 atom stereocenters. The highest BCUT2D eigenvalue weighted by Gasteiger charge is 2.29. The van der Waals surface area contributed by atoms with E-state index < -0.39 is 35.3 Å². The second kappa shape index (κ2) is 25.1. The number of hydrogen-bond donors (Lipinski definition) is 7. The minimum Gasteiger partial charge on any atom is -0.433 e. The Hall–Kier alpha value is -2.95. The number of hydrogen-bond acceptors (Lipinski definition) is 11. The van der Waals surface area contributed by atoms with Gasteiger partial charge in [-0.25, -0.2) is 0 Å². The summed E-state index contributed by atoms with van der Waals surface area (Å²) >= 11 is 0. The summed E-state index contributed by atoms with van der Waals surface area (Å²) < 4.78 is 5.96. The van der Waals surface area contributed by atoms with Gasteiger partial charge in [0.25, 0.3) is 0 Å². The summed E-state index contributed by atoms with van der Waals surface area (Å²) in [5.74, 6) is 1.55. The van der Waals surface area contributed by atoms with Crippen molar-refractivity contribution in [1.29, 1.82) is 0 Å². The third-order valence-corrected chi connectivity index (χ3v) is 8.22. The van der Waals surface area contributed by atoms with Gasteiger partial charge in [-0.1, -0.05) is 49.9 Å². The maximum atomic E-state index is 10.7. The van der Waals surface area contributed by atoms with Crippen LogP contribution in [0.4, 0.5) is 0 Å². The summed E-state index contributed by atoms with van der Waals surface area (Å²) in [6, 6.07) is 8.00. The molecule has 1 aliphatic rings. The standard InChI is InChI=1S/C30H58B6N8O7/c1-32(46)40-29(39-31-25-45)38-18-10-8-6-7-9-11-20-43(35(4)49)30(41-33(2)47)44(36(5)50)22-13-23-51-24-26-14-16-27(17-15-26)28-37-19-12-21-42(28)34(3)48/h14-17,25,31,46-50H,6-13,18-24H2,1-5H3,(H2,38,39,40)/b41-30+. The maximum Gasteiger partial charge on any atom is 0.431 e. The van der Waals surface area contributed by atoms with Crippen LogP contribution in [-0.2, 0) is 16.1 Å². The predicted molar refractivity (Wildman–Crippen MR) is 214 cm³/mol. The van der Waals surface area contributed by atoms with Crippen LogP contribution >= 0.6 is 0 Å². The van der Waals surface area contributed by atoms with E-state index in [1.54, 1.807) is 43.7 Å². The van der Waals surface area contributed by atoms with Gasteiger partial charge < -0.3 is 64.5 Å². The minimum absolute atomic E-state index is 0.0262. The molecule has 0 aliphatic carbocycles. The molecule has 0 spiro atoms. The van der Waals surface area contributed by atoms with E-state index in [1.807, 2.05) is 29.1 Å². The molecule has 1 aromatic carbocycles. The molecule has 15 nitrogen and oxygen atoms in total. The molecule has 7 N–H and O–H groups in total. The Kier molecular flexibility index (Phi) is 21.8. The SMILES string of the molecule is CB(O)/N=C(\N(CCCCCCCCN/C(=N\BC=O)NB(C)O)B(C)O)N(CCCOCc1ccc(C2=NCCCN2B(C)O)cc1)B(C)O. The Morgan fingerprint density at radius 2 is 1.57 bits per heavy atom. The number of carbonyl (C=O) groups excluding carboxylic acids is 1. The van der Waals surface area contributed by atoms with Crippen LogP contribution in [0.25, 0.3) is 0 Å². The fourth-order valence-electron chi connectivity index (χ4n) is 5.71. The van der Waals surface area contributed by atoms with Crippen molar-refractivity contribution in [3.8, 4) is 0 Å². The monoisotopic (exact) mass is 708 g/mol. The van der Waals surface area contributed by atoms with Gasteiger partial charge in [0.05, 0.1) is 6.61 Å². The molecular weight excluding hydrogens is 649 g/mol. The number of nitrogens with zero attached hydrogens (tertiary/aromatic N) is 6. The van der Waals surface area contributed by atoms with Crippen molar-refractivity contribution >= 4 is 66.6 Å². The van der Waals surface area contributed by atoms with Gasteiger partial charge in [-0.15, -0.1) is 0 Å². The minimum atomic E-state index is -1.03. The van der Waals surface area contributed by atoms with E-state index in [9.17, 15) is 29.9 Å². The van der Waals surface area contributed by atoms with E-state index in [2.05, 4.69) is 25.3 Å². The van der Waals surface area contributed by atoms with E-state index in [0.717, 1.165) is 75.0 Å². The zero-order valence-electron chi connectivity index (χ0n) is 31.3. The van der Waals surface area contributed by atoms with Crippen LogP contribution in [0.15, 0.2) is 39.1 Å². The first-order valence-corrected chi connectivity index (χ1v) is 18.4. The molecule has 0 fully saturated rings. The number of carbonyl (C=O) groups is 1. The summed E-state index contributed by atoms with van der Waals surface area (Å²) in [6.07, 6.45) is 7.88. The third-order valence-electron chi connectivity index (χ3n) is 8.22. The largest absolute Gasteiger partial charge is 0.433 e. The normalized spacial score (nSPS) is 13.3. The molecule has 1 aromatic rings. The lowest BCUT2D eigenvalue weighted by Crippen LogP contribution is -2.56. The van der Waals surface area contributed by atoms with Crippen LogP contribution < -0.4 is 10.5 Å². The van der Waals surface area contributed by atoms with Crippen LogP contribution in [0, 0.1) is 0 Å². The maximum absolute atomic E-state index is 10.7. The lowest BCUT2D eigenvalue weighted by molar-refractivity contribution is 0.116. The highest BCUT2D eigenvalue weighted by Crippen LogP contribution is 2.15. The molecule has 0 saturated heterocycles. The first-order chi connectivity index (χ1) is 24.4. The van der Waals surface area contributed by atoms with E-state index >= 15 is 0 Å². The highest BCUT2D eigenvalue weighted by molar-refractivity contribution is 6.66. The number of aliphatic imine (C=N–C) groups is 1. The average Bonchev–Trinajstić information content (AvgIpc) is 3.08. The lowest BCUT2D eigenvalue weighted by Gasteiger charge is -2.37. The molecule has 0 radical (unpaired) electrons. The van der Waals surface area contributed by atoms with Crippen molar-refractivity contribution in [3.05, 3.63) is 35.4 Å². The lowest BCUT2D eigenvalue weighted by atomic mass is 9.80. The number of unbranched alkanes of at least 4 members (excludes halogenated alkanes) is 5. The number of amidine groups is 1. The van der Waals surface area contributed by atoms with E-state index in [1.165, 1.54) is 0 Å². The van der Waals surface area contributed by atoms with Gasteiger partial charge in [0, 0.05) is 44.9 Å². The second-order valence-electron chi connectivity index (χ2n) is 12.9. The number of ether oxygens (including phenoxy) is 1. The first kappa shape index (κ1) is 44.2. The van der Waals surface area contributed by atoms with Crippen LogP contribution in [0.5, 0.6) is 0 Å². The second-order valence-corrected chi connectivity index (χ2v) is 12.9. The van der Waals surface area contributed by atoms with Gasteiger partial charge in [-0.2, -0.15) is 0 Å². The summed E-state index contributed by atoms with van der Waals surface area (Å²) in [5.41, 5.74) is 1.98. The zero-order valence-corrected chi connectivity index (χ0v) is 31.3. The number of rotatable bonds is 23. The molecular formula is C30H58B6N8O7. The number of guanidine groups is 2. The van der Waals surface area contributed by atoms with Crippen molar-refractivity contribution in [2.24, 2.45) is 14.8 Å². The van der Waals surface area contributed by atoms with E-state index in [4.69, 9.17) is 4.74 Å². The molecule has 21 heteroatoms. The summed E-state index contributed by atoms with van der Waals surface area (Å²) in [7, 11) is -4.16. The fraction of sp³-hybridized carbons (Fsp3) is 0.667. The number of benzene rings is 1. The van der Waals surface area contributed by atoms with Crippen LogP contribution in [0.3, 0.4) is 0 Å². The van der Waals surface area contributed by atoms with E-state index in [0.29, 0.717) is 57.4 Å². The first-order valence-electron chi connectivity index (χ1n) is 18.4. The number of nitrogens with one attached hydrogen (secondary N) is 2. The molecule has 0 aromatic heterocycles. The van der Waals surface area contributed by atoms with Crippen LogP contribution in [-0.4, -0.2) is 145 Å². The van der Waals surface area contributed by atoms with Gasteiger partial charge in [0.2, 0.25) is 0 Å². The van der Waals surface area contributed by atoms with Crippen molar-refractivity contribution in [2.75, 3.05) is 39.3 Å². The quantitative estimate of drug-likeness (QED) is 0.0264. The Bertz CT molecular complexity index is 1220. The Morgan fingerprint density at radius 1 is 0.941 bits per heavy atom. The Balaban J connectivity index is 1.82. The van der Waals surface area contributed by atoms with Crippen LogP contribution in [0.1, 0.15) is 62.5 Å². The van der Waals surface area contributed by atoms with Gasteiger partial charge in [-0.3, -0.25) is 9.90 Å². The molecule has 0 saturated carbocycles. The Morgan fingerprint density at radius 3 is 2.16 bits per heavy atom. The predicted octanol–water partition coefficient (Wildman–Crippen LogP) is -0.0254. The molecule has 2 rings (SSSR count). The fourth-order valence-corrected chi connectivity index (χ4v) is 5.71. The molecule has 0 bridgehead atoms. The van der Waals surface area contributed by atoms with Gasteiger partial charge in [0.15, 0.2) is 11.9 Å². The smallest absolute Gasteiger partial charge is 0.431 e. The molecule has 278 valence electrons. The van der Waals surface area contributed by atoms with Crippen molar-refractivity contribution in [2.45, 2.75) is 92.1 Å². The van der Waals surface area contributed by atoms with Crippen LogP contribution in [0.2, 0.25) is 34.1 Å². The van der Waals surface area contributed by atoms with E-state index in [-0.39, 0.29) is 7.41 Å². The van der Waals surface area contributed by atoms with Crippen molar-refractivity contribution in [3.63, 3.8) is 0 Å². The van der Waals surface area contributed by atoms with Crippen molar-refractivity contribution < 1.29 is 34.7 Å². The summed E-state index contributed by atoms with van der Waals surface area (Å²) in [5, 5.41) is 57.2. The molecule has 0 amide bonds. The molecule has 1 heterocycles. The molecule has 1 aliphatic heterocycles. The van der Waals surface area contributed by atoms with Gasteiger partial charge in [0.1, 0.15) is 12.0 Å². The topological polar surface area (TPSA) is 198 Å². The Labute approximate surface area is 307 Å². The van der Waals surface area contributed by atoms with Crippen molar-refractivity contribution in [1.82, 2.24) is 25.0 Å². The summed E-state index contributed by atoms with van der Waals surface area (Å²) in [4.78, 5) is 29.0. The highest BCUT2D eigenvalue weighted by atomic mass is 16.5.